The summed E-state index contributed by atoms with van der Waals surface area (Å²) in [5, 5.41) is 3.83. The van der Waals surface area contributed by atoms with Gasteiger partial charge in [-0.05, 0) is 40.2 Å². The molecule has 35 heavy (non-hydrogen) atoms. The molecule has 2 rings (SSSR count). The second kappa shape index (κ2) is 9.51. The average molecular weight is 584 g/mol. The summed E-state index contributed by atoms with van der Waals surface area (Å²) in [6, 6.07) is 2.00. The molecule has 0 heterocycles. The maximum absolute atomic E-state index is 14.5. The van der Waals surface area contributed by atoms with Crippen LogP contribution in [0.25, 0.3) is 4.85 Å². The highest BCUT2D eigenvalue weighted by molar-refractivity contribution is 9.10. The van der Waals surface area contributed by atoms with Crippen molar-refractivity contribution in [1.29, 1.82) is 0 Å². The maximum Gasteiger partial charge on any atom is 0.435 e. The summed E-state index contributed by atoms with van der Waals surface area (Å²) in [4.78, 5) is 15.3. The van der Waals surface area contributed by atoms with Crippen molar-refractivity contribution in [3.63, 3.8) is 0 Å². The van der Waals surface area contributed by atoms with Gasteiger partial charge in [-0.3, -0.25) is 9.64 Å². The standard InChI is InChI=1S/C19H9BrF11N3O/c1-32-7-33-12-4-2-3-9(13(12)21)15(35)34-14-10(17(23,24)25)5-8(6-11(14)20)16(22,18(26,27)28)19(29,30)31/h2-6,33H,7H2,(H,34,35). The SMILES string of the molecule is [C-]#[N+]CNc1cccc(C(=O)Nc2c(Br)cc(C(F)(C(F)(F)F)C(F)(F)F)cc2C(F)(F)F)c1F. The number of nitrogens with one attached hydrogen (secondary N) is 2. The van der Waals surface area contributed by atoms with Crippen LogP contribution in [0.5, 0.6) is 0 Å². The Morgan fingerprint density at radius 1 is 0.971 bits per heavy atom. The van der Waals surface area contributed by atoms with Crippen molar-refractivity contribution in [2.75, 3.05) is 17.3 Å². The zero-order valence-electron chi connectivity index (χ0n) is 16.5. The Hall–Kier alpha value is -3.09. The Bertz CT molecular complexity index is 1150. The summed E-state index contributed by atoms with van der Waals surface area (Å²) in [6.07, 6.45) is -19.1. The lowest BCUT2D eigenvalue weighted by atomic mass is 9.92. The summed E-state index contributed by atoms with van der Waals surface area (Å²) in [6.45, 7) is 6.20. The highest BCUT2D eigenvalue weighted by atomic mass is 79.9. The predicted molar refractivity (Wildman–Crippen MR) is 103 cm³/mol. The van der Waals surface area contributed by atoms with Crippen molar-refractivity contribution in [3.8, 4) is 0 Å². The molecular weight excluding hydrogens is 575 g/mol. The zero-order chi connectivity index (χ0) is 27.0. The molecule has 190 valence electrons. The number of hydrogen-bond acceptors (Lipinski definition) is 2. The number of amides is 1. The normalized spacial score (nSPS) is 12.8. The molecule has 2 aromatic carbocycles. The van der Waals surface area contributed by atoms with E-state index < -0.39 is 81.2 Å². The minimum Gasteiger partial charge on any atom is -0.320 e. The molecule has 0 unspecified atom stereocenters. The van der Waals surface area contributed by atoms with E-state index >= 15 is 0 Å². The summed E-state index contributed by atoms with van der Waals surface area (Å²) in [7, 11) is 0. The Balaban J connectivity index is 2.66. The quantitative estimate of drug-likeness (QED) is 0.284. The third-order valence-corrected chi connectivity index (χ3v) is 5.03. The monoisotopic (exact) mass is 583 g/mol. The number of alkyl halides is 10. The molecule has 0 fully saturated rings. The van der Waals surface area contributed by atoms with Crippen LogP contribution >= 0.6 is 15.9 Å². The minimum absolute atomic E-state index is 0.226. The van der Waals surface area contributed by atoms with Crippen molar-refractivity contribution in [2.45, 2.75) is 24.2 Å². The largest absolute Gasteiger partial charge is 0.435 e. The summed E-state index contributed by atoms with van der Waals surface area (Å²) < 4.78 is 146. The van der Waals surface area contributed by atoms with E-state index in [1.807, 2.05) is 0 Å². The number of benzene rings is 2. The van der Waals surface area contributed by atoms with Gasteiger partial charge in [-0.25, -0.2) is 15.4 Å². The van der Waals surface area contributed by atoms with E-state index in [-0.39, 0.29) is 6.07 Å². The molecule has 0 saturated carbocycles. The summed E-state index contributed by atoms with van der Waals surface area (Å²) in [5.41, 5.74) is -13.6. The molecule has 1 amide bonds. The number of hydrogen-bond donors (Lipinski definition) is 2. The number of carbonyl (C=O) groups excluding carboxylic acids is 1. The third-order valence-electron chi connectivity index (χ3n) is 4.41. The van der Waals surface area contributed by atoms with E-state index in [0.29, 0.717) is 0 Å². The first-order valence-corrected chi connectivity index (χ1v) is 9.56. The zero-order valence-corrected chi connectivity index (χ0v) is 18.1. The second-order valence-electron chi connectivity index (χ2n) is 6.65. The van der Waals surface area contributed by atoms with Gasteiger partial charge in [0.05, 0.1) is 22.5 Å². The Morgan fingerprint density at radius 2 is 1.54 bits per heavy atom. The fraction of sp³-hybridized carbons (Fsp3) is 0.263. The van der Waals surface area contributed by atoms with Crippen molar-refractivity contribution in [1.82, 2.24) is 0 Å². The van der Waals surface area contributed by atoms with Crippen LogP contribution in [0.1, 0.15) is 21.5 Å². The number of halogens is 12. The number of nitrogens with zero attached hydrogens (tertiary/aromatic N) is 1. The molecule has 0 spiro atoms. The van der Waals surface area contributed by atoms with E-state index in [4.69, 9.17) is 6.57 Å². The van der Waals surface area contributed by atoms with Crippen LogP contribution in [0.2, 0.25) is 0 Å². The molecule has 16 heteroatoms. The number of anilines is 2. The van der Waals surface area contributed by atoms with Gasteiger partial charge in [-0.15, -0.1) is 0 Å². The molecular formula is C19H9BrF11N3O. The maximum atomic E-state index is 14.5. The van der Waals surface area contributed by atoms with Gasteiger partial charge in [-0.1, -0.05) is 6.07 Å². The van der Waals surface area contributed by atoms with Crippen LogP contribution in [0, 0.1) is 12.4 Å². The van der Waals surface area contributed by atoms with Crippen molar-refractivity contribution in [2.24, 2.45) is 0 Å². The topological polar surface area (TPSA) is 45.5 Å². The molecule has 0 aromatic heterocycles. The van der Waals surface area contributed by atoms with Gasteiger partial charge in [0, 0.05) is 10.0 Å². The molecule has 0 bridgehead atoms. The van der Waals surface area contributed by atoms with Crippen LogP contribution < -0.4 is 10.6 Å². The van der Waals surface area contributed by atoms with Crippen LogP contribution in [-0.2, 0) is 11.8 Å². The van der Waals surface area contributed by atoms with Crippen molar-refractivity contribution >= 4 is 33.2 Å². The van der Waals surface area contributed by atoms with E-state index in [0.717, 1.165) is 18.2 Å². The first-order chi connectivity index (χ1) is 15.9. The fourth-order valence-electron chi connectivity index (χ4n) is 2.79. The smallest absolute Gasteiger partial charge is 0.320 e. The summed E-state index contributed by atoms with van der Waals surface area (Å²) >= 11 is 2.33. The Kier molecular flexibility index (Phi) is 7.65. The van der Waals surface area contributed by atoms with E-state index in [9.17, 15) is 53.1 Å². The molecule has 0 radical (unpaired) electrons. The highest BCUT2D eigenvalue weighted by Crippen LogP contribution is 2.55. The van der Waals surface area contributed by atoms with Crippen molar-refractivity contribution < 1.29 is 53.1 Å². The lowest BCUT2D eigenvalue weighted by Crippen LogP contribution is -2.50. The molecule has 2 aromatic rings. The van der Waals surface area contributed by atoms with Crippen LogP contribution in [0.15, 0.2) is 34.8 Å². The van der Waals surface area contributed by atoms with Gasteiger partial charge in [0.1, 0.15) is 0 Å². The third kappa shape index (κ3) is 5.44. The lowest BCUT2D eigenvalue weighted by Gasteiger charge is -2.31. The van der Waals surface area contributed by atoms with Gasteiger partial charge in [0.2, 0.25) is 0 Å². The molecule has 0 saturated heterocycles. The molecule has 0 aliphatic rings. The van der Waals surface area contributed by atoms with Crippen molar-refractivity contribution in [3.05, 3.63) is 68.7 Å². The molecule has 0 aliphatic carbocycles. The first kappa shape index (κ1) is 28.1. The minimum atomic E-state index is -6.69. The molecule has 4 nitrogen and oxygen atoms in total. The number of rotatable bonds is 5. The van der Waals surface area contributed by atoms with Crippen LogP contribution in [0.3, 0.4) is 0 Å². The van der Waals surface area contributed by atoms with Gasteiger partial charge in [-0.2, -0.15) is 39.5 Å². The Morgan fingerprint density at radius 3 is 2.03 bits per heavy atom. The predicted octanol–water partition coefficient (Wildman–Crippen LogP) is 7.44. The lowest BCUT2D eigenvalue weighted by molar-refractivity contribution is -0.348. The highest BCUT2D eigenvalue weighted by Gasteiger charge is 2.73. The first-order valence-electron chi connectivity index (χ1n) is 8.76. The molecule has 0 atom stereocenters. The van der Waals surface area contributed by atoms with Gasteiger partial charge in [0.15, 0.2) is 5.82 Å². The molecule has 0 aliphatic heterocycles. The second-order valence-corrected chi connectivity index (χ2v) is 7.50. The van der Waals surface area contributed by atoms with E-state index in [1.54, 1.807) is 5.32 Å². The van der Waals surface area contributed by atoms with Gasteiger partial charge in [0.25, 0.3) is 12.6 Å². The average Bonchev–Trinajstić information content (AvgIpc) is 2.71. The fourth-order valence-corrected chi connectivity index (χ4v) is 3.35. The van der Waals surface area contributed by atoms with E-state index in [1.165, 1.54) is 0 Å². The van der Waals surface area contributed by atoms with Crippen LogP contribution in [-0.4, -0.2) is 24.9 Å². The number of carbonyl (C=O) groups is 1. The van der Waals surface area contributed by atoms with Gasteiger partial charge < -0.3 is 10.6 Å². The Labute approximate surface area is 197 Å². The van der Waals surface area contributed by atoms with E-state index in [2.05, 4.69) is 26.1 Å². The van der Waals surface area contributed by atoms with Gasteiger partial charge >= 0.3 is 24.2 Å². The van der Waals surface area contributed by atoms with Crippen LogP contribution in [0.4, 0.5) is 59.7 Å². The summed E-state index contributed by atoms with van der Waals surface area (Å²) in [5.74, 6) is -2.89. The molecule has 2 N–H and O–H groups in total.